The predicted octanol–water partition coefficient (Wildman–Crippen LogP) is 2.19. The lowest BCUT2D eigenvalue weighted by Gasteiger charge is -2.37. The number of nitrogens with zero attached hydrogens (tertiary/aromatic N) is 1. The topological polar surface area (TPSA) is 58.6 Å². The van der Waals surface area contributed by atoms with Crippen LogP contribution in [0.25, 0.3) is 0 Å². The van der Waals surface area contributed by atoms with Gasteiger partial charge in [0.1, 0.15) is 5.75 Å². The Labute approximate surface area is 145 Å². The maximum Gasteiger partial charge on any atom is 0.263 e. The largest absolute Gasteiger partial charge is 0.497 e. The molecule has 1 aromatic carbocycles. The third kappa shape index (κ3) is 3.76. The fourth-order valence-corrected chi connectivity index (χ4v) is 3.32. The molecule has 0 atom stereocenters. The van der Waals surface area contributed by atoms with E-state index in [1.54, 1.807) is 12.0 Å². The molecule has 0 aliphatic carbocycles. The van der Waals surface area contributed by atoms with Crippen LogP contribution in [0.5, 0.6) is 5.75 Å². The number of benzene rings is 1. The number of ether oxygens (including phenoxy) is 1. The van der Waals surface area contributed by atoms with Crippen LogP contribution >= 0.6 is 11.3 Å². The van der Waals surface area contributed by atoms with E-state index in [2.05, 4.69) is 5.32 Å². The molecule has 0 unspecified atom stereocenters. The summed E-state index contributed by atoms with van der Waals surface area (Å²) in [4.78, 5) is 26.7. The van der Waals surface area contributed by atoms with Crippen LogP contribution in [0.2, 0.25) is 0 Å². The van der Waals surface area contributed by atoms with Crippen LogP contribution in [-0.2, 0) is 11.2 Å². The first-order valence-electron chi connectivity index (χ1n) is 7.91. The van der Waals surface area contributed by atoms with Crippen LogP contribution in [0.15, 0.2) is 41.8 Å². The molecule has 2 heterocycles. The standard InChI is InChI=1S/C18H20N2O3S/c1-23-15-6-4-13(5-7-15)8-9-19-17(21)14-11-20(12-14)18(22)16-3-2-10-24-16/h2-7,10,14H,8-9,11-12H2,1H3,(H,19,21). The van der Waals surface area contributed by atoms with Crippen molar-refractivity contribution >= 4 is 23.2 Å². The summed E-state index contributed by atoms with van der Waals surface area (Å²) in [6.07, 6.45) is 0.778. The fourth-order valence-electron chi connectivity index (χ4n) is 2.63. The summed E-state index contributed by atoms with van der Waals surface area (Å²) < 4.78 is 5.12. The molecule has 6 heteroatoms. The van der Waals surface area contributed by atoms with Gasteiger partial charge in [-0.15, -0.1) is 11.3 Å². The van der Waals surface area contributed by atoms with E-state index >= 15 is 0 Å². The number of hydrogen-bond acceptors (Lipinski definition) is 4. The van der Waals surface area contributed by atoms with Crippen molar-refractivity contribution in [3.05, 3.63) is 52.2 Å². The summed E-state index contributed by atoms with van der Waals surface area (Å²) in [6.45, 7) is 1.61. The number of likely N-dealkylation sites (tertiary alicyclic amines) is 1. The van der Waals surface area contributed by atoms with E-state index < -0.39 is 0 Å². The van der Waals surface area contributed by atoms with Crippen LogP contribution in [-0.4, -0.2) is 43.5 Å². The average Bonchev–Trinajstić information content (AvgIpc) is 3.08. The van der Waals surface area contributed by atoms with Crippen molar-refractivity contribution in [2.24, 2.45) is 5.92 Å². The van der Waals surface area contributed by atoms with Gasteiger partial charge < -0.3 is 15.0 Å². The lowest BCUT2D eigenvalue weighted by Crippen LogP contribution is -2.55. The highest BCUT2D eigenvalue weighted by Gasteiger charge is 2.36. The molecule has 1 aromatic heterocycles. The highest BCUT2D eigenvalue weighted by molar-refractivity contribution is 7.12. The molecule has 24 heavy (non-hydrogen) atoms. The zero-order valence-corrected chi connectivity index (χ0v) is 14.3. The molecule has 0 saturated carbocycles. The second-order valence-corrected chi connectivity index (χ2v) is 6.72. The normalized spacial score (nSPS) is 14.1. The number of carbonyl (C=O) groups excluding carboxylic acids is 2. The maximum absolute atomic E-state index is 12.1. The maximum atomic E-state index is 12.1. The molecule has 1 fully saturated rings. The molecule has 5 nitrogen and oxygen atoms in total. The first kappa shape index (κ1) is 16.5. The minimum atomic E-state index is -0.0928. The fraction of sp³-hybridized carbons (Fsp3) is 0.333. The van der Waals surface area contributed by atoms with Gasteiger partial charge in [0, 0.05) is 19.6 Å². The summed E-state index contributed by atoms with van der Waals surface area (Å²) >= 11 is 1.43. The van der Waals surface area contributed by atoms with Crippen LogP contribution < -0.4 is 10.1 Å². The molecule has 2 amide bonds. The molecule has 0 bridgehead atoms. The zero-order chi connectivity index (χ0) is 16.9. The second-order valence-electron chi connectivity index (χ2n) is 5.77. The summed E-state index contributed by atoms with van der Waals surface area (Å²) in [6, 6.07) is 11.5. The number of nitrogens with one attached hydrogen (secondary N) is 1. The Morgan fingerprint density at radius 2 is 2.00 bits per heavy atom. The van der Waals surface area contributed by atoms with Crippen molar-refractivity contribution in [3.8, 4) is 5.75 Å². The van der Waals surface area contributed by atoms with Gasteiger partial charge in [-0.2, -0.15) is 0 Å². The van der Waals surface area contributed by atoms with E-state index in [0.717, 1.165) is 22.6 Å². The molecule has 126 valence electrons. The molecular formula is C18H20N2O3S. The number of carbonyl (C=O) groups is 2. The molecule has 1 N–H and O–H groups in total. The van der Waals surface area contributed by atoms with Crippen LogP contribution in [0.1, 0.15) is 15.2 Å². The van der Waals surface area contributed by atoms with E-state index in [9.17, 15) is 9.59 Å². The van der Waals surface area contributed by atoms with Gasteiger partial charge >= 0.3 is 0 Å². The summed E-state index contributed by atoms with van der Waals surface area (Å²) in [5.41, 5.74) is 1.15. The molecule has 3 rings (SSSR count). The van der Waals surface area contributed by atoms with E-state index in [4.69, 9.17) is 4.74 Å². The van der Waals surface area contributed by atoms with Gasteiger partial charge in [0.15, 0.2) is 0 Å². The quantitative estimate of drug-likeness (QED) is 0.874. The van der Waals surface area contributed by atoms with Gasteiger partial charge in [0.2, 0.25) is 5.91 Å². The lowest BCUT2D eigenvalue weighted by atomic mass is 9.98. The minimum Gasteiger partial charge on any atom is -0.497 e. The van der Waals surface area contributed by atoms with Crippen molar-refractivity contribution in [2.75, 3.05) is 26.7 Å². The minimum absolute atomic E-state index is 0.0206. The SMILES string of the molecule is COc1ccc(CCNC(=O)C2CN(C(=O)c3cccs3)C2)cc1. The van der Waals surface area contributed by atoms with E-state index in [1.165, 1.54) is 11.3 Å². The zero-order valence-electron chi connectivity index (χ0n) is 13.5. The van der Waals surface area contributed by atoms with Crippen molar-refractivity contribution in [1.82, 2.24) is 10.2 Å². The van der Waals surface area contributed by atoms with Gasteiger partial charge in [-0.1, -0.05) is 18.2 Å². The molecule has 1 aliphatic rings. The van der Waals surface area contributed by atoms with E-state index in [-0.39, 0.29) is 17.7 Å². The third-order valence-electron chi connectivity index (χ3n) is 4.14. The number of amides is 2. The van der Waals surface area contributed by atoms with Crippen molar-refractivity contribution in [3.63, 3.8) is 0 Å². The smallest absolute Gasteiger partial charge is 0.263 e. The average molecular weight is 344 g/mol. The molecular weight excluding hydrogens is 324 g/mol. The Morgan fingerprint density at radius 1 is 1.25 bits per heavy atom. The number of methoxy groups -OCH3 is 1. The highest BCUT2D eigenvalue weighted by atomic mass is 32.1. The molecule has 2 aromatic rings. The third-order valence-corrected chi connectivity index (χ3v) is 5.00. The molecule has 1 aliphatic heterocycles. The Kier molecular flexibility index (Phi) is 5.15. The summed E-state index contributed by atoms with van der Waals surface area (Å²) in [7, 11) is 1.64. The Hall–Kier alpha value is -2.34. The van der Waals surface area contributed by atoms with E-state index in [0.29, 0.717) is 19.6 Å². The monoisotopic (exact) mass is 344 g/mol. The van der Waals surface area contributed by atoms with Crippen LogP contribution in [0.4, 0.5) is 0 Å². The van der Waals surface area contributed by atoms with Gasteiger partial charge in [-0.3, -0.25) is 9.59 Å². The van der Waals surface area contributed by atoms with Gasteiger partial charge in [0.05, 0.1) is 17.9 Å². The second kappa shape index (κ2) is 7.49. The first-order chi connectivity index (χ1) is 11.7. The van der Waals surface area contributed by atoms with E-state index in [1.807, 2.05) is 41.8 Å². The highest BCUT2D eigenvalue weighted by Crippen LogP contribution is 2.21. The van der Waals surface area contributed by atoms with Crippen molar-refractivity contribution in [2.45, 2.75) is 6.42 Å². The van der Waals surface area contributed by atoms with Crippen molar-refractivity contribution in [1.29, 1.82) is 0 Å². The summed E-state index contributed by atoms with van der Waals surface area (Å²) in [5, 5.41) is 4.84. The lowest BCUT2D eigenvalue weighted by molar-refractivity contribution is -0.128. The van der Waals surface area contributed by atoms with Crippen LogP contribution in [0, 0.1) is 5.92 Å². The predicted molar refractivity (Wildman–Crippen MR) is 93.4 cm³/mol. The summed E-state index contributed by atoms with van der Waals surface area (Å²) in [5.74, 6) is 0.781. The van der Waals surface area contributed by atoms with Gasteiger partial charge in [-0.25, -0.2) is 0 Å². The molecule has 1 saturated heterocycles. The number of rotatable bonds is 6. The van der Waals surface area contributed by atoms with Crippen molar-refractivity contribution < 1.29 is 14.3 Å². The first-order valence-corrected chi connectivity index (χ1v) is 8.79. The van der Waals surface area contributed by atoms with Gasteiger partial charge in [0.25, 0.3) is 5.91 Å². The number of thiophene rings is 1. The Bertz CT molecular complexity index is 692. The molecule has 0 spiro atoms. The van der Waals surface area contributed by atoms with Gasteiger partial charge in [-0.05, 0) is 35.6 Å². The Morgan fingerprint density at radius 3 is 2.62 bits per heavy atom. The molecule has 0 radical (unpaired) electrons. The Balaban J connectivity index is 1.38. The van der Waals surface area contributed by atoms with Crippen LogP contribution in [0.3, 0.4) is 0 Å². The number of hydrogen-bond donors (Lipinski definition) is 1.